The minimum absolute atomic E-state index is 0.597. The summed E-state index contributed by atoms with van der Waals surface area (Å²) in [4.78, 5) is 12.6. The van der Waals surface area contributed by atoms with E-state index in [1.54, 1.807) is 0 Å². The molecule has 0 fully saturated rings. The third-order valence-corrected chi connectivity index (χ3v) is 2.48. The van der Waals surface area contributed by atoms with Crippen LogP contribution in [-0.4, -0.2) is 15.0 Å². The van der Waals surface area contributed by atoms with Crippen LogP contribution in [0.15, 0.2) is 24.3 Å². The van der Waals surface area contributed by atoms with Gasteiger partial charge in [-0.2, -0.15) is 9.97 Å². The monoisotopic (exact) mass is 228 g/mol. The Hall–Kier alpha value is -1.97. The Balaban J connectivity index is 2.19. The van der Waals surface area contributed by atoms with E-state index in [-0.39, 0.29) is 0 Å². The maximum atomic E-state index is 4.24. The van der Waals surface area contributed by atoms with E-state index in [0.717, 1.165) is 23.8 Å². The molecule has 0 amide bonds. The largest absolute Gasteiger partial charge is 0.324 e. The summed E-state index contributed by atoms with van der Waals surface area (Å²) in [6.07, 6.45) is 1.05. The van der Waals surface area contributed by atoms with Crippen LogP contribution in [0.4, 0.5) is 11.6 Å². The van der Waals surface area contributed by atoms with E-state index < -0.39 is 0 Å². The number of hydrogen-bond donors (Lipinski definition) is 1. The van der Waals surface area contributed by atoms with E-state index in [2.05, 4.69) is 39.3 Å². The van der Waals surface area contributed by atoms with Gasteiger partial charge in [0.15, 0.2) is 0 Å². The molecule has 2 rings (SSSR count). The van der Waals surface area contributed by atoms with Crippen molar-refractivity contribution in [2.24, 2.45) is 0 Å². The third kappa shape index (κ3) is 3.00. The molecule has 0 aliphatic heterocycles. The molecule has 0 aliphatic carbocycles. The van der Waals surface area contributed by atoms with E-state index in [4.69, 9.17) is 0 Å². The summed E-state index contributed by atoms with van der Waals surface area (Å²) in [5, 5.41) is 3.17. The molecule has 1 N–H and O–H groups in total. The molecule has 2 aromatic rings. The summed E-state index contributed by atoms with van der Waals surface area (Å²) in [5.74, 6) is 2.05. The lowest BCUT2D eigenvalue weighted by molar-refractivity contribution is 0.928. The summed E-state index contributed by atoms with van der Waals surface area (Å²) in [5.41, 5.74) is 2.31. The Labute approximate surface area is 101 Å². The molecule has 1 aromatic carbocycles. The molecule has 4 nitrogen and oxygen atoms in total. The molecule has 0 bridgehead atoms. The van der Waals surface area contributed by atoms with E-state index in [0.29, 0.717) is 5.95 Å². The van der Waals surface area contributed by atoms with Crippen molar-refractivity contribution < 1.29 is 0 Å². The van der Waals surface area contributed by atoms with Crippen molar-refractivity contribution in [1.82, 2.24) is 15.0 Å². The molecule has 0 spiro atoms. The molecular formula is C13H16N4. The van der Waals surface area contributed by atoms with Crippen LogP contribution in [0, 0.1) is 13.8 Å². The summed E-state index contributed by atoms with van der Waals surface area (Å²) in [7, 11) is 0. The van der Waals surface area contributed by atoms with Crippen molar-refractivity contribution in [3.05, 3.63) is 41.5 Å². The van der Waals surface area contributed by atoms with E-state index in [1.165, 1.54) is 5.56 Å². The van der Waals surface area contributed by atoms with Gasteiger partial charge in [0.1, 0.15) is 11.6 Å². The Morgan fingerprint density at radius 3 is 2.06 bits per heavy atom. The fourth-order valence-corrected chi connectivity index (χ4v) is 1.62. The lowest BCUT2D eigenvalue weighted by Crippen LogP contribution is -2.02. The highest BCUT2D eigenvalue weighted by Gasteiger charge is 2.01. The zero-order chi connectivity index (χ0) is 12.3. The number of rotatable bonds is 3. The van der Waals surface area contributed by atoms with Gasteiger partial charge in [-0.25, -0.2) is 4.98 Å². The highest BCUT2D eigenvalue weighted by Crippen LogP contribution is 2.14. The van der Waals surface area contributed by atoms with Gasteiger partial charge in [0.05, 0.1) is 0 Å². The van der Waals surface area contributed by atoms with Crippen molar-refractivity contribution in [1.29, 1.82) is 0 Å². The molecule has 1 heterocycles. The third-order valence-electron chi connectivity index (χ3n) is 2.48. The van der Waals surface area contributed by atoms with E-state index >= 15 is 0 Å². The Kier molecular flexibility index (Phi) is 3.32. The normalized spacial score (nSPS) is 10.3. The Morgan fingerprint density at radius 2 is 1.53 bits per heavy atom. The quantitative estimate of drug-likeness (QED) is 0.877. The Bertz CT molecular complexity index is 485. The average Bonchev–Trinajstić information content (AvgIpc) is 2.28. The van der Waals surface area contributed by atoms with Crippen LogP contribution in [0.25, 0.3) is 0 Å². The number of aromatic nitrogens is 3. The predicted molar refractivity (Wildman–Crippen MR) is 68.4 cm³/mol. The number of nitrogens with one attached hydrogen (secondary N) is 1. The minimum Gasteiger partial charge on any atom is -0.324 e. The molecule has 0 saturated carbocycles. The van der Waals surface area contributed by atoms with E-state index in [1.807, 2.05) is 26.0 Å². The second kappa shape index (κ2) is 4.91. The maximum Gasteiger partial charge on any atom is 0.230 e. The SMILES string of the molecule is CCc1ccc(Nc2nc(C)nc(C)n2)cc1. The highest BCUT2D eigenvalue weighted by molar-refractivity contribution is 5.53. The lowest BCUT2D eigenvalue weighted by atomic mass is 10.1. The van der Waals surface area contributed by atoms with Crippen molar-refractivity contribution >= 4 is 11.6 Å². The van der Waals surface area contributed by atoms with Crippen molar-refractivity contribution in [3.8, 4) is 0 Å². The van der Waals surface area contributed by atoms with Crippen molar-refractivity contribution in [2.75, 3.05) is 5.32 Å². The molecule has 88 valence electrons. The molecular weight excluding hydrogens is 212 g/mol. The van der Waals surface area contributed by atoms with Crippen molar-refractivity contribution in [3.63, 3.8) is 0 Å². The number of anilines is 2. The van der Waals surface area contributed by atoms with Gasteiger partial charge >= 0.3 is 0 Å². The highest BCUT2D eigenvalue weighted by atomic mass is 15.2. The van der Waals surface area contributed by atoms with Crippen molar-refractivity contribution in [2.45, 2.75) is 27.2 Å². The maximum absolute atomic E-state index is 4.24. The van der Waals surface area contributed by atoms with Gasteiger partial charge in [0.2, 0.25) is 5.95 Å². The van der Waals surface area contributed by atoms with Crippen LogP contribution in [0.3, 0.4) is 0 Å². The summed E-state index contributed by atoms with van der Waals surface area (Å²) < 4.78 is 0. The fraction of sp³-hybridized carbons (Fsp3) is 0.308. The molecule has 0 radical (unpaired) electrons. The molecule has 0 aliphatic rings. The first kappa shape index (κ1) is 11.5. The minimum atomic E-state index is 0.597. The lowest BCUT2D eigenvalue weighted by Gasteiger charge is -2.06. The van der Waals surface area contributed by atoms with Gasteiger partial charge in [-0.05, 0) is 38.0 Å². The smallest absolute Gasteiger partial charge is 0.230 e. The van der Waals surface area contributed by atoms with Crippen LogP contribution in [-0.2, 0) is 6.42 Å². The first-order valence-corrected chi connectivity index (χ1v) is 5.72. The van der Waals surface area contributed by atoms with Gasteiger partial charge in [-0.1, -0.05) is 19.1 Å². The molecule has 0 unspecified atom stereocenters. The second-order valence-electron chi connectivity index (χ2n) is 3.93. The van der Waals surface area contributed by atoms with Crippen LogP contribution < -0.4 is 5.32 Å². The average molecular weight is 228 g/mol. The summed E-state index contributed by atoms with van der Waals surface area (Å²) in [6.45, 7) is 5.86. The molecule has 0 atom stereocenters. The van der Waals surface area contributed by atoms with Crippen LogP contribution in [0.5, 0.6) is 0 Å². The molecule has 4 heteroatoms. The summed E-state index contributed by atoms with van der Waals surface area (Å²) >= 11 is 0. The fourth-order valence-electron chi connectivity index (χ4n) is 1.62. The molecule has 1 aromatic heterocycles. The molecule has 17 heavy (non-hydrogen) atoms. The van der Waals surface area contributed by atoms with Crippen LogP contribution in [0.2, 0.25) is 0 Å². The Morgan fingerprint density at radius 1 is 0.941 bits per heavy atom. The van der Waals surface area contributed by atoms with Gasteiger partial charge in [-0.15, -0.1) is 0 Å². The number of aryl methyl sites for hydroxylation is 3. The first-order chi connectivity index (χ1) is 8.17. The van der Waals surface area contributed by atoms with Crippen LogP contribution in [0.1, 0.15) is 24.1 Å². The molecule has 0 saturated heterocycles. The predicted octanol–water partition coefficient (Wildman–Crippen LogP) is 2.79. The van der Waals surface area contributed by atoms with E-state index in [9.17, 15) is 0 Å². The van der Waals surface area contributed by atoms with Gasteiger partial charge < -0.3 is 5.32 Å². The second-order valence-corrected chi connectivity index (χ2v) is 3.93. The van der Waals surface area contributed by atoms with Crippen LogP contribution >= 0.6 is 0 Å². The van der Waals surface area contributed by atoms with Gasteiger partial charge in [0, 0.05) is 5.69 Å². The van der Waals surface area contributed by atoms with Gasteiger partial charge in [-0.3, -0.25) is 0 Å². The zero-order valence-corrected chi connectivity index (χ0v) is 10.4. The number of hydrogen-bond acceptors (Lipinski definition) is 4. The topological polar surface area (TPSA) is 50.7 Å². The summed E-state index contributed by atoms with van der Waals surface area (Å²) in [6, 6.07) is 8.27. The first-order valence-electron chi connectivity index (χ1n) is 5.72. The number of nitrogens with zero attached hydrogens (tertiary/aromatic N) is 3. The number of benzene rings is 1. The zero-order valence-electron chi connectivity index (χ0n) is 10.4. The van der Waals surface area contributed by atoms with Gasteiger partial charge in [0.25, 0.3) is 0 Å². The standard InChI is InChI=1S/C13H16N4/c1-4-11-5-7-12(8-6-11)17-13-15-9(2)14-10(3)16-13/h5-8H,4H2,1-3H3,(H,14,15,16,17).